The molecule has 2 N–H and O–H groups in total. The SMILES string of the molecule is O=C(O)c1ccc(COc2c(Cl)cc(/C=N/Nc3ccc([N+](=O)[O-])cn3)cc2Cl)cc1. The van der Waals surface area contributed by atoms with Crippen LogP contribution in [0.25, 0.3) is 0 Å². The summed E-state index contributed by atoms with van der Waals surface area (Å²) in [5.41, 5.74) is 4.04. The second-order valence-corrected chi connectivity index (χ2v) is 6.95. The van der Waals surface area contributed by atoms with Crippen molar-refractivity contribution in [3.05, 3.63) is 91.6 Å². The summed E-state index contributed by atoms with van der Waals surface area (Å²) < 4.78 is 5.68. The Morgan fingerprint density at radius 2 is 1.87 bits per heavy atom. The number of halogens is 2. The molecular formula is C20H14Cl2N4O5. The first-order valence-electron chi connectivity index (χ1n) is 8.67. The van der Waals surface area contributed by atoms with Crippen LogP contribution in [0.1, 0.15) is 21.5 Å². The highest BCUT2D eigenvalue weighted by Gasteiger charge is 2.10. The monoisotopic (exact) mass is 460 g/mol. The zero-order valence-corrected chi connectivity index (χ0v) is 17.2. The minimum absolute atomic E-state index is 0.124. The molecule has 0 aliphatic heterocycles. The fraction of sp³-hybridized carbons (Fsp3) is 0.0500. The summed E-state index contributed by atoms with van der Waals surface area (Å²) in [6.07, 6.45) is 2.57. The molecule has 1 heterocycles. The van der Waals surface area contributed by atoms with Crippen LogP contribution in [0.5, 0.6) is 5.75 Å². The standard InChI is InChI=1S/C20H14Cl2N4O5/c21-16-7-13(9-24-25-18-6-5-15(10-23-18)26(29)30)8-17(22)19(16)31-11-12-1-3-14(4-2-12)20(27)28/h1-10H,11H2,(H,23,25)(H,27,28)/b24-9+. The van der Waals surface area contributed by atoms with Crippen molar-refractivity contribution in [3.63, 3.8) is 0 Å². The molecule has 9 nitrogen and oxygen atoms in total. The summed E-state index contributed by atoms with van der Waals surface area (Å²) in [6.45, 7) is 0.153. The number of nitro groups is 1. The molecule has 0 saturated carbocycles. The van der Waals surface area contributed by atoms with Crippen LogP contribution in [-0.2, 0) is 6.61 Å². The molecule has 11 heteroatoms. The molecule has 31 heavy (non-hydrogen) atoms. The van der Waals surface area contributed by atoms with E-state index in [0.29, 0.717) is 11.4 Å². The maximum atomic E-state index is 10.9. The first-order valence-corrected chi connectivity index (χ1v) is 9.42. The van der Waals surface area contributed by atoms with Gasteiger partial charge in [0.25, 0.3) is 5.69 Å². The molecule has 0 unspecified atom stereocenters. The molecule has 0 aliphatic rings. The number of hydrogen-bond acceptors (Lipinski definition) is 7. The van der Waals surface area contributed by atoms with Crippen LogP contribution in [0.3, 0.4) is 0 Å². The summed E-state index contributed by atoms with van der Waals surface area (Å²) in [7, 11) is 0. The van der Waals surface area contributed by atoms with Gasteiger partial charge in [0.15, 0.2) is 5.75 Å². The molecule has 0 fully saturated rings. The van der Waals surface area contributed by atoms with E-state index < -0.39 is 10.9 Å². The fourth-order valence-electron chi connectivity index (χ4n) is 2.42. The van der Waals surface area contributed by atoms with Gasteiger partial charge in [-0.05, 0) is 41.5 Å². The van der Waals surface area contributed by atoms with Gasteiger partial charge in [-0.1, -0.05) is 35.3 Å². The smallest absolute Gasteiger partial charge is 0.335 e. The average molecular weight is 461 g/mol. The van der Waals surface area contributed by atoms with Gasteiger partial charge >= 0.3 is 5.97 Å². The lowest BCUT2D eigenvalue weighted by Crippen LogP contribution is -2.00. The van der Waals surface area contributed by atoms with Crippen molar-refractivity contribution >= 4 is 46.9 Å². The predicted molar refractivity (Wildman–Crippen MR) is 116 cm³/mol. The molecule has 2 aromatic carbocycles. The van der Waals surface area contributed by atoms with Crippen molar-refractivity contribution in [2.24, 2.45) is 5.10 Å². The van der Waals surface area contributed by atoms with Gasteiger partial charge in [0.2, 0.25) is 0 Å². The van der Waals surface area contributed by atoms with Gasteiger partial charge in [-0.15, -0.1) is 0 Å². The van der Waals surface area contributed by atoms with Crippen molar-refractivity contribution < 1.29 is 19.6 Å². The molecular weight excluding hydrogens is 447 g/mol. The van der Waals surface area contributed by atoms with Gasteiger partial charge in [-0.25, -0.2) is 9.78 Å². The minimum Gasteiger partial charge on any atom is -0.486 e. The quantitative estimate of drug-likeness (QED) is 0.274. The number of carboxylic acid groups (broad SMARTS) is 1. The van der Waals surface area contributed by atoms with E-state index in [1.54, 1.807) is 24.3 Å². The van der Waals surface area contributed by atoms with E-state index in [9.17, 15) is 14.9 Å². The highest BCUT2D eigenvalue weighted by Crippen LogP contribution is 2.34. The number of rotatable bonds is 8. The lowest BCUT2D eigenvalue weighted by atomic mass is 10.1. The molecule has 1 aromatic heterocycles. The first-order chi connectivity index (χ1) is 14.8. The normalized spacial score (nSPS) is 10.8. The number of benzene rings is 2. The third kappa shape index (κ3) is 5.91. The molecule has 0 atom stereocenters. The van der Waals surface area contributed by atoms with Crippen LogP contribution in [0.4, 0.5) is 11.5 Å². The largest absolute Gasteiger partial charge is 0.486 e. The van der Waals surface area contributed by atoms with E-state index >= 15 is 0 Å². The van der Waals surface area contributed by atoms with Crippen molar-refractivity contribution in [2.45, 2.75) is 6.61 Å². The molecule has 0 amide bonds. The van der Waals surface area contributed by atoms with Gasteiger partial charge in [0.05, 0.1) is 26.7 Å². The number of hydrogen-bond donors (Lipinski definition) is 2. The Kier molecular flexibility index (Phi) is 7.01. The fourth-order valence-corrected chi connectivity index (χ4v) is 3.04. The number of aromatic carboxylic acids is 1. The molecule has 0 bridgehead atoms. The predicted octanol–water partition coefficient (Wildman–Crippen LogP) is 5.02. The number of anilines is 1. The van der Waals surface area contributed by atoms with Gasteiger partial charge in [0, 0.05) is 6.07 Å². The number of carbonyl (C=O) groups is 1. The summed E-state index contributed by atoms with van der Waals surface area (Å²) in [6, 6.07) is 12.2. The maximum Gasteiger partial charge on any atom is 0.335 e. The average Bonchev–Trinajstić information content (AvgIpc) is 2.74. The first kappa shape index (κ1) is 22.0. The van der Waals surface area contributed by atoms with Gasteiger partial charge in [-0.3, -0.25) is 15.5 Å². The second-order valence-electron chi connectivity index (χ2n) is 6.13. The van der Waals surface area contributed by atoms with Gasteiger partial charge in [-0.2, -0.15) is 5.10 Å². The van der Waals surface area contributed by atoms with Crippen LogP contribution < -0.4 is 10.2 Å². The van der Waals surface area contributed by atoms with E-state index in [1.165, 1.54) is 30.5 Å². The van der Waals surface area contributed by atoms with E-state index in [0.717, 1.165) is 11.8 Å². The summed E-state index contributed by atoms with van der Waals surface area (Å²) in [4.78, 5) is 24.9. The number of nitrogens with zero attached hydrogens (tertiary/aromatic N) is 3. The third-order valence-electron chi connectivity index (χ3n) is 3.96. The number of hydrazone groups is 1. The van der Waals surface area contributed by atoms with Crippen LogP contribution in [0.15, 0.2) is 59.8 Å². The molecule has 0 aliphatic carbocycles. The zero-order chi connectivity index (χ0) is 22.4. The maximum absolute atomic E-state index is 10.9. The van der Waals surface area contributed by atoms with Crippen molar-refractivity contribution in [2.75, 3.05) is 5.43 Å². The van der Waals surface area contributed by atoms with E-state index in [1.807, 2.05) is 0 Å². The van der Waals surface area contributed by atoms with E-state index in [2.05, 4.69) is 15.5 Å². The number of ether oxygens (including phenoxy) is 1. The molecule has 0 spiro atoms. The Hall–Kier alpha value is -3.69. The highest BCUT2D eigenvalue weighted by atomic mass is 35.5. The highest BCUT2D eigenvalue weighted by molar-refractivity contribution is 6.37. The third-order valence-corrected chi connectivity index (χ3v) is 4.52. The second kappa shape index (κ2) is 9.88. The van der Waals surface area contributed by atoms with Gasteiger partial charge in [0.1, 0.15) is 18.6 Å². The van der Waals surface area contributed by atoms with Crippen LogP contribution in [0, 0.1) is 10.1 Å². The lowest BCUT2D eigenvalue weighted by Gasteiger charge is -2.11. The Morgan fingerprint density at radius 3 is 2.42 bits per heavy atom. The molecule has 158 valence electrons. The Labute approximate surface area is 186 Å². The number of carboxylic acids is 1. The van der Waals surface area contributed by atoms with E-state index in [4.69, 9.17) is 33.0 Å². The molecule has 3 aromatic rings. The lowest BCUT2D eigenvalue weighted by molar-refractivity contribution is -0.385. The van der Waals surface area contributed by atoms with E-state index in [-0.39, 0.29) is 33.7 Å². The van der Waals surface area contributed by atoms with Crippen molar-refractivity contribution in [1.82, 2.24) is 4.98 Å². The van der Waals surface area contributed by atoms with Crippen LogP contribution >= 0.6 is 23.2 Å². The summed E-state index contributed by atoms with van der Waals surface area (Å²) in [5, 5.41) is 24.1. The summed E-state index contributed by atoms with van der Waals surface area (Å²) >= 11 is 12.5. The summed E-state index contributed by atoms with van der Waals surface area (Å²) in [5.74, 6) is -0.393. The van der Waals surface area contributed by atoms with Crippen LogP contribution in [0.2, 0.25) is 10.0 Å². The number of aromatic nitrogens is 1. The van der Waals surface area contributed by atoms with Gasteiger partial charge < -0.3 is 9.84 Å². The zero-order valence-electron chi connectivity index (χ0n) is 15.7. The van der Waals surface area contributed by atoms with Crippen LogP contribution in [-0.4, -0.2) is 27.2 Å². The molecule has 0 radical (unpaired) electrons. The Morgan fingerprint density at radius 1 is 1.19 bits per heavy atom. The topological polar surface area (TPSA) is 127 Å². The minimum atomic E-state index is -1.00. The van der Waals surface area contributed by atoms with Crippen molar-refractivity contribution in [1.29, 1.82) is 0 Å². The Bertz CT molecular complexity index is 1110. The Balaban J connectivity index is 1.63. The molecule has 3 rings (SSSR count). The molecule has 0 saturated heterocycles. The number of nitrogens with one attached hydrogen (secondary N) is 1. The number of pyridine rings is 1. The van der Waals surface area contributed by atoms with Crippen molar-refractivity contribution in [3.8, 4) is 5.75 Å².